The van der Waals surface area contributed by atoms with Crippen LogP contribution in [0.1, 0.15) is 37.6 Å². The number of aliphatic imine (C=N–C) groups is 1. The van der Waals surface area contributed by atoms with Gasteiger partial charge in [0.2, 0.25) is 10.0 Å². The van der Waals surface area contributed by atoms with E-state index in [1.165, 1.54) is 0 Å². The summed E-state index contributed by atoms with van der Waals surface area (Å²) in [5, 5.41) is 10.2. The van der Waals surface area contributed by atoms with Gasteiger partial charge < -0.3 is 15.2 Å². The molecule has 3 N–H and O–H groups in total. The Bertz CT molecular complexity index is 586. The summed E-state index contributed by atoms with van der Waals surface area (Å²) in [5.74, 6) is 1.70. The fraction of sp³-hybridized carbons (Fsp3) is 0.692. The first kappa shape index (κ1) is 22.1. The van der Waals surface area contributed by atoms with Crippen molar-refractivity contribution in [3.63, 3.8) is 0 Å². The zero-order chi connectivity index (χ0) is 16.6. The third-order valence-corrected chi connectivity index (χ3v) is 3.56. The van der Waals surface area contributed by atoms with Crippen LogP contribution < -0.4 is 15.4 Å². The fourth-order valence-electron chi connectivity index (χ4n) is 1.63. The molecule has 0 saturated carbocycles. The number of nitrogens with zero attached hydrogens (tertiary/aromatic N) is 2. The predicted molar refractivity (Wildman–Crippen MR) is 102 cm³/mol. The molecule has 0 saturated heterocycles. The summed E-state index contributed by atoms with van der Waals surface area (Å²) in [5.41, 5.74) is 0.923. The lowest BCUT2D eigenvalue weighted by molar-refractivity contribution is 0.372. The second-order valence-corrected chi connectivity index (χ2v) is 7.08. The van der Waals surface area contributed by atoms with Crippen LogP contribution in [0.4, 0.5) is 0 Å². The van der Waals surface area contributed by atoms with E-state index in [1.807, 2.05) is 6.07 Å². The van der Waals surface area contributed by atoms with Crippen molar-refractivity contribution in [2.24, 2.45) is 4.99 Å². The Labute approximate surface area is 154 Å². The Morgan fingerprint density at radius 2 is 2.04 bits per heavy atom. The smallest absolute Gasteiger partial charge is 0.208 e. The predicted octanol–water partition coefficient (Wildman–Crippen LogP) is 1.02. The summed E-state index contributed by atoms with van der Waals surface area (Å²) >= 11 is 0. The molecule has 0 bridgehead atoms. The zero-order valence-electron chi connectivity index (χ0n) is 13.9. The Balaban J connectivity index is 0.00000484. The molecule has 0 radical (unpaired) electrons. The summed E-state index contributed by atoms with van der Waals surface area (Å²) in [6, 6.07) is 1.92. The van der Waals surface area contributed by atoms with E-state index >= 15 is 0 Å². The molecule has 10 heteroatoms. The quantitative estimate of drug-likeness (QED) is 0.232. The van der Waals surface area contributed by atoms with E-state index < -0.39 is 10.0 Å². The van der Waals surface area contributed by atoms with Crippen LogP contribution >= 0.6 is 24.0 Å². The maximum absolute atomic E-state index is 10.9. The van der Waals surface area contributed by atoms with Crippen LogP contribution in [0.3, 0.4) is 0 Å². The summed E-state index contributed by atoms with van der Waals surface area (Å²) < 4.78 is 29.5. The van der Waals surface area contributed by atoms with Gasteiger partial charge in [0.25, 0.3) is 0 Å². The van der Waals surface area contributed by atoms with Crippen LogP contribution in [0.2, 0.25) is 0 Å². The molecular formula is C13H26IN5O3S. The molecule has 0 aliphatic rings. The fourth-order valence-corrected chi connectivity index (χ4v) is 2.14. The Morgan fingerprint density at radius 1 is 1.35 bits per heavy atom. The van der Waals surface area contributed by atoms with Gasteiger partial charge in [0.05, 0.1) is 18.5 Å². The second kappa shape index (κ2) is 10.8. The summed E-state index contributed by atoms with van der Waals surface area (Å²) in [7, 11) is -1.45. The maximum Gasteiger partial charge on any atom is 0.208 e. The van der Waals surface area contributed by atoms with Gasteiger partial charge in [-0.05, 0) is 12.3 Å². The van der Waals surface area contributed by atoms with Crippen molar-refractivity contribution in [1.82, 2.24) is 20.5 Å². The van der Waals surface area contributed by atoms with Crippen LogP contribution in [0.25, 0.3) is 0 Å². The molecule has 0 unspecified atom stereocenters. The third kappa shape index (κ3) is 9.76. The van der Waals surface area contributed by atoms with Crippen LogP contribution in [0, 0.1) is 0 Å². The van der Waals surface area contributed by atoms with Gasteiger partial charge in [-0.2, -0.15) is 0 Å². The molecule has 0 spiro atoms. The zero-order valence-corrected chi connectivity index (χ0v) is 17.1. The minimum atomic E-state index is -3.12. The lowest BCUT2D eigenvalue weighted by Crippen LogP contribution is -2.38. The van der Waals surface area contributed by atoms with Crippen molar-refractivity contribution in [2.45, 2.75) is 32.7 Å². The van der Waals surface area contributed by atoms with Gasteiger partial charge in [-0.25, -0.2) is 13.1 Å². The molecule has 1 heterocycles. The molecule has 0 aliphatic heterocycles. The lowest BCUT2D eigenvalue weighted by atomic mass is 10.1. The van der Waals surface area contributed by atoms with E-state index in [-0.39, 0.29) is 24.0 Å². The Kier molecular flexibility index (Phi) is 10.4. The van der Waals surface area contributed by atoms with Crippen LogP contribution in [0.15, 0.2) is 15.6 Å². The van der Waals surface area contributed by atoms with Crippen molar-refractivity contribution in [3.05, 3.63) is 17.5 Å². The van der Waals surface area contributed by atoms with Crippen LogP contribution in [-0.4, -0.2) is 45.9 Å². The van der Waals surface area contributed by atoms with Gasteiger partial charge in [-0.3, -0.25) is 4.99 Å². The first-order valence-corrected chi connectivity index (χ1v) is 9.05. The molecule has 8 nitrogen and oxygen atoms in total. The number of hydrogen-bond donors (Lipinski definition) is 3. The number of sulfonamides is 1. The Morgan fingerprint density at radius 3 is 2.57 bits per heavy atom. The SMILES string of the molecule is CN=C(NCCCNS(C)(=O)=O)NCc1cc(C(C)C)no1.I. The summed E-state index contributed by atoms with van der Waals surface area (Å²) in [6.45, 7) is 5.60. The molecule has 134 valence electrons. The lowest BCUT2D eigenvalue weighted by Gasteiger charge is -2.10. The average molecular weight is 459 g/mol. The van der Waals surface area contributed by atoms with E-state index in [0.717, 1.165) is 17.7 Å². The molecule has 0 amide bonds. The average Bonchev–Trinajstić information content (AvgIpc) is 2.89. The van der Waals surface area contributed by atoms with Gasteiger partial charge in [0.15, 0.2) is 11.7 Å². The number of nitrogens with one attached hydrogen (secondary N) is 3. The van der Waals surface area contributed by atoms with Crippen LogP contribution in [-0.2, 0) is 16.6 Å². The monoisotopic (exact) mass is 459 g/mol. The number of rotatable bonds is 8. The molecule has 23 heavy (non-hydrogen) atoms. The minimum Gasteiger partial charge on any atom is -0.359 e. The number of guanidine groups is 1. The van der Waals surface area contributed by atoms with Crippen molar-refractivity contribution < 1.29 is 12.9 Å². The molecule has 0 atom stereocenters. The van der Waals surface area contributed by atoms with Crippen LogP contribution in [0.5, 0.6) is 0 Å². The van der Waals surface area contributed by atoms with Crippen molar-refractivity contribution in [3.8, 4) is 0 Å². The number of hydrogen-bond acceptors (Lipinski definition) is 5. The Hall–Kier alpha value is -0.880. The summed E-state index contributed by atoms with van der Waals surface area (Å²) in [6.07, 6.45) is 1.80. The third-order valence-electron chi connectivity index (χ3n) is 2.83. The highest BCUT2D eigenvalue weighted by Crippen LogP contribution is 2.13. The summed E-state index contributed by atoms with van der Waals surface area (Å²) in [4.78, 5) is 4.09. The highest BCUT2D eigenvalue weighted by molar-refractivity contribution is 14.0. The van der Waals surface area contributed by atoms with Gasteiger partial charge >= 0.3 is 0 Å². The van der Waals surface area contributed by atoms with Gasteiger partial charge in [0, 0.05) is 26.2 Å². The molecule has 0 aromatic carbocycles. The van der Waals surface area contributed by atoms with Crippen molar-refractivity contribution in [1.29, 1.82) is 0 Å². The van der Waals surface area contributed by atoms with Crippen molar-refractivity contribution >= 4 is 40.0 Å². The molecule has 1 aromatic rings. The topological polar surface area (TPSA) is 109 Å². The van der Waals surface area contributed by atoms with E-state index in [2.05, 4.69) is 39.4 Å². The van der Waals surface area contributed by atoms with E-state index in [4.69, 9.17) is 4.52 Å². The molecule has 0 aliphatic carbocycles. The minimum absolute atomic E-state index is 0. The highest BCUT2D eigenvalue weighted by Gasteiger charge is 2.08. The second-order valence-electron chi connectivity index (χ2n) is 5.25. The van der Waals surface area contributed by atoms with Gasteiger partial charge in [0.1, 0.15) is 0 Å². The first-order chi connectivity index (χ1) is 10.3. The normalized spacial score (nSPS) is 12.1. The standard InChI is InChI=1S/C13H25N5O3S.HI/c1-10(2)12-8-11(21-18-12)9-16-13(14-3)15-6-5-7-17-22(4,19)20;/h8,10,17H,5-7,9H2,1-4H3,(H2,14,15,16);1H. The largest absolute Gasteiger partial charge is 0.359 e. The first-order valence-electron chi connectivity index (χ1n) is 7.16. The van der Waals surface area contributed by atoms with Crippen molar-refractivity contribution in [2.75, 3.05) is 26.4 Å². The maximum atomic E-state index is 10.9. The highest BCUT2D eigenvalue weighted by atomic mass is 127. The molecule has 1 aromatic heterocycles. The van der Waals surface area contributed by atoms with E-state index in [9.17, 15) is 8.42 Å². The van der Waals surface area contributed by atoms with Gasteiger partial charge in [-0.1, -0.05) is 19.0 Å². The number of halogens is 1. The molecule has 0 fully saturated rings. The van der Waals surface area contributed by atoms with Gasteiger partial charge in [-0.15, -0.1) is 24.0 Å². The number of aromatic nitrogens is 1. The molecule has 1 rings (SSSR count). The molecular weight excluding hydrogens is 433 g/mol. The van der Waals surface area contributed by atoms with E-state index in [1.54, 1.807) is 7.05 Å². The van der Waals surface area contributed by atoms with E-state index in [0.29, 0.717) is 37.9 Å².